The molecule has 0 aliphatic carbocycles. The van der Waals surface area contributed by atoms with Crippen molar-refractivity contribution in [2.75, 3.05) is 10.6 Å². The lowest BCUT2D eigenvalue weighted by Crippen LogP contribution is -2.13. The number of amides is 2. The first kappa shape index (κ1) is 14.8. The Labute approximate surface area is 132 Å². The van der Waals surface area contributed by atoms with Crippen LogP contribution in [0.25, 0.3) is 10.9 Å². The van der Waals surface area contributed by atoms with Crippen molar-refractivity contribution in [3.8, 4) is 0 Å². The predicted octanol–water partition coefficient (Wildman–Crippen LogP) is 3.08. The van der Waals surface area contributed by atoms with Gasteiger partial charge in [-0.05, 0) is 37.3 Å². The number of aromatic amines is 1. The summed E-state index contributed by atoms with van der Waals surface area (Å²) in [6.45, 7) is 3.40. The zero-order valence-electron chi connectivity index (χ0n) is 12.8. The fourth-order valence-corrected chi connectivity index (χ4v) is 2.37. The summed E-state index contributed by atoms with van der Waals surface area (Å²) in [4.78, 5) is 23.6. The first-order valence-electron chi connectivity index (χ1n) is 7.16. The van der Waals surface area contributed by atoms with Crippen LogP contribution in [0.1, 0.15) is 23.0 Å². The molecule has 3 N–H and O–H groups in total. The Bertz CT molecular complexity index is 898. The molecule has 0 aliphatic heterocycles. The molecule has 1 aromatic heterocycles. The van der Waals surface area contributed by atoms with Gasteiger partial charge < -0.3 is 10.6 Å². The van der Waals surface area contributed by atoms with Crippen LogP contribution < -0.4 is 10.6 Å². The van der Waals surface area contributed by atoms with Crippen molar-refractivity contribution >= 4 is 34.1 Å². The van der Waals surface area contributed by atoms with Crippen molar-refractivity contribution in [3.63, 3.8) is 0 Å². The number of hydrogen-bond donors (Lipinski definition) is 3. The number of aromatic nitrogens is 2. The summed E-state index contributed by atoms with van der Waals surface area (Å²) in [5.74, 6) is -0.468. The average molecular weight is 308 g/mol. The van der Waals surface area contributed by atoms with Crippen molar-refractivity contribution in [2.24, 2.45) is 0 Å². The van der Waals surface area contributed by atoms with Crippen molar-refractivity contribution in [1.82, 2.24) is 10.2 Å². The summed E-state index contributed by atoms with van der Waals surface area (Å²) < 4.78 is 0. The molecule has 0 fully saturated rings. The van der Waals surface area contributed by atoms with Crippen LogP contribution in [0.15, 0.2) is 42.5 Å². The highest BCUT2D eigenvalue weighted by Crippen LogP contribution is 2.20. The van der Waals surface area contributed by atoms with Crippen LogP contribution in [-0.4, -0.2) is 22.0 Å². The van der Waals surface area contributed by atoms with Gasteiger partial charge in [-0.3, -0.25) is 14.7 Å². The molecule has 0 atom stereocenters. The fraction of sp³-hybridized carbons (Fsp3) is 0.118. The minimum atomic E-state index is -0.304. The van der Waals surface area contributed by atoms with Crippen molar-refractivity contribution < 1.29 is 9.59 Å². The van der Waals surface area contributed by atoms with E-state index in [9.17, 15) is 9.59 Å². The molecule has 0 aliphatic rings. The van der Waals surface area contributed by atoms with Crippen molar-refractivity contribution in [1.29, 1.82) is 0 Å². The third-order valence-electron chi connectivity index (χ3n) is 3.37. The van der Waals surface area contributed by atoms with E-state index in [1.165, 1.54) is 6.92 Å². The molecule has 0 saturated heterocycles. The van der Waals surface area contributed by atoms with E-state index >= 15 is 0 Å². The largest absolute Gasteiger partial charge is 0.326 e. The number of carbonyl (C=O) groups excluding carboxylic acids is 2. The second-order valence-electron chi connectivity index (χ2n) is 5.34. The number of benzene rings is 2. The lowest BCUT2D eigenvalue weighted by atomic mass is 10.1. The summed E-state index contributed by atoms with van der Waals surface area (Å²) in [6, 6.07) is 12.7. The Morgan fingerprint density at radius 1 is 1.04 bits per heavy atom. The lowest BCUT2D eigenvalue weighted by Gasteiger charge is -2.07. The van der Waals surface area contributed by atoms with E-state index in [0.29, 0.717) is 17.1 Å². The number of hydrogen-bond acceptors (Lipinski definition) is 3. The van der Waals surface area contributed by atoms with E-state index < -0.39 is 0 Å². The molecule has 6 nitrogen and oxygen atoms in total. The summed E-state index contributed by atoms with van der Waals surface area (Å²) in [7, 11) is 0. The van der Waals surface area contributed by atoms with Crippen molar-refractivity contribution in [2.45, 2.75) is 13.8 Å². The average Bonchev–Trinajstić information content (AvgIpc) is 2.89. The van der Waals surface area contributed by atoms with Crippen LogP contribution in [0.3, 0.4) is 0 Å². The van der Waals surface area contributed by atoms with Gasteiger partial charge in [-0.15, -0.1) is 0 Å². The Balaban J connectivity index is 1.86. The molecule has 0 saturated carbocycles. The molecule has 2 aromatic carbocycles. The van der Waals surface area contributed by atoms with Crippen LogP contribution >= 0.6 is 0 Å². The number of aryl methyl sites for hydroxylation is 1. The third-order valence-corrected chi connectivity index (χ3v) is 3.37. The zero-order chi connectivity index (χ0) is 16.4. The molecule has 116 valence electrons. The van der Waals surface area contributed by atoms with Gasteiger partial charge in [-0.1, -0.05) is 17.7 Å². The van der Waals surface area contributed by atoms with Gasteiger partial charge >= 0.3 is 0 Å². The molecule has 3 rings (SSSR count). The zero-order valence-corrected chi connectivity index (χ0v) is 12.8. The number of rotatable bonds is 3. The number of H-pyrrole nitrogens is 1. The fourth-order valence-electron chi connectivity index (χ4n) is 2.37. The second-order valence-corrected chi connectivity index (χ2v) is 5.34. The first-order chi connectivity index (χ1) is 11.0. The maximum atomic E-state index is 12.5. The number of nitrogens with one attached hydrogen (secondary N) is 3. The molecule has 0 radical (unpaired) electrons. The third kappa shape index (κ3) is 3.21. The molecule has 0 bridgehead atoms. The van der Waals surface area contributed by atoms with E-state index in [2.05, 4.69) is 20.8 Å². The Hall–Kier alpha value is -3.15. The maximum absolute atomic E-state index is 12.5. The van der Waals surface area contributed by atoms with Gasteiger partial charge in [0.25, 0.3) is 5.91 Å². The van der Waals surface area contributed by atoms with Crippen molar-refractivity contribution in [3.05, 3.63) is 53.7 Å². The van der Waals surface area contributed by atoms with E-state index in [1.807, 2.05) is 25.1 Å². The van der Waals surface area contributed by atoms with Gasteiger partial charge in [0.2, 0.25) is 5.91 Å². The standard InChI is InChI=1S/C17H16N4O2/c1-10-6-7-15-14(8-10)16(21-20-15)17(23)19-13-5-3-4-12(9-13)18-11(2)22/h3-9H,1-2H3,(H,18,22)(H,19,23)(H,20,21). The summed E-state index contributed by atoms with van der Waals surface area (Å²) in [5, 5.41) is 13.2. The van der Waals surface area contributed by atoms with Crippen LogP contribution in [0.4, 0.5) is 11.4 Å². The van der Waals surface area contributed by atoms with Crippen LogP contribution in [-0.2, 0) is 4.79 Å². The Kier molecular flexibility index (Phi) is 3.80. The highest BCUT2D eigenvalue weighted by Gasteiger charge is 2.14. The highest BCUT2D eigenvalue weighted by molar-refractivity contribution is 6.11. The van der Waals surface area contributed by atoms with Gasteiger partial charge in [0.1, 0.15) is 0 Å². The first-order valence-corrected chi connectivity index (χ1v) is 7.16. The highest BCUT2D eigenvalue weighted by atomic mass is 16.2. The van der Waals surface area contributed by atoms with E-state index in [4.69, 9.17) is 0 Å². The van der Waals surface area contributed by atoms with Gasteiger partial charge in [-0.25, -0.2) is 0 Å². The summed E-state index contributed by atoms with van der Waals surface area (Å²) in [5.41, 5.74) is 3.42. The van der Waals surface area contributed by atoms with Gasteiger partial charge in [0.15, 0.2) is 5.69 Å². The molecule has 23 heavy (non-hydrogen) atoms. The van der Waals surface area contributed by atoms with Crippen LogP contribution in [0.2, 0.25) is 0 Å². The Morgan fingerprint density at radius 3 is 2.52 bits per heavy atom. The van der Waals surface area contributed by atoms with E-state index in [1.54, 1.807) is 24.3 Å². The van der Waals surface area contributed by atoms with E-state index in [-0.39, 0.29) is 11.8 Å². The van der Waals surface area contributed by atoms with Gasteiger partial charge in [0, 0.05) is 23.7 Å². The molecule has 1 heterocycles. The molecule has 0 spiro atoms. The number of anilines is 2. The summed E-state index contributed by atoms with van der Waals surface area (Å²) in [6.07, 6.45) is 0. The maximum Gasteiger partial charge on any atom is 0.276 e. The number of fused-ring (bicyclic) bond motifs is 1. The molecular weight excluding hydrogens is 292 g/mol. The molecule has 2 amide bonds. The second kappa shape index (κ2) is 5.92. The predicted molar refractivity (Wildman–Crippen MR) is 89.5 cm³/mol. The van der Waals surface area contributed by atoms with Gasteiger partial charge in [0.05, 0.1) is 5.52 Å². The molecular formula is C17H16N4O2. The number of carbonyl (C=O) groups is 2. The van der Waals surface area contributed by atoms with E-state index in [0.717, 1.165) is 16.5 Å². The smallest absolute Gasteiger partial charge is 0.276 e. The quantitative estimate of drug-likeness (QED) is 0.695. The number of nitrogens with zero attached hydrogens (tertiary/aromatic N) is 1. The molecule has 0 unspecified atom stereocenters. The lowest BCUT2D eigenvalue weighted by molar-refractivity contribution is -0.114. The SMILES string of the molecule is CC(=O)Nc1cccc(NC(=O)c2n[nH]c3ccc(C)cc23)c1. The van der Waals surface area contributed by atoms with Crippen LogP contribution in [0.5, 0.6) is 0 Å². The monoisotopic (exact) mass is 308 g/mol. The minimum Gasteiger partial charge on any atom is -0.326 e. The molecule has 6 heteroatoms. The normalized spacial score (nSPS) is 10.5. The summed E-state index contributed by atoms with van der Waals surface area (Å²) >= 11 is 0. The topological polar surface area (TPSA) is 86.9 Å². The van der Waals surface area contributed by atoms with Crippen LogP contribution in [0, 0.1) is 6.92 Å². The Morgan fingerprint density at radius 2 is 1.78 bits per heavy atom. The molecule has 3 aromatic rings. The van der Waals surface area contributed by atoms with Gasteiger partial charge in [-0.2, -0.15) is 5.10 Å². The minimum absolute atomic E-state index is 0.165.